The first kappa shape index (κ1) is 21.8. The van der Waals surface area contributed by atoms with Crippen LogP contribution in [0.3, 0.4) is 0 Å². The summed E-state index contributed by atoms with van der Waals surface area (Å²) in [7, 11) is 0. The minimum absolute atomic E-state index is 0.153. The Bertz CT molecular complexity index is 1310. The molecule has 0 N–H and O–H groups in total. The van der Waals surface area contributed by atoms with E-state index in [4.69, 9.17) is 31.1 Å². The van der Waals surface area contributed by atoms with Crippen molar-refractivity contribution in [3.8, 4) is 0 Å². The normalized spacial score (nSPS) is 15.2. The SMILES string of the molecule is Cc1c(C)n(CCN2CCOCC2)c2ncn3nc(CO/N=C/c4ccccc4Cl)nc3c12. The molecule has 9 nitrogen and oxygen atoms in total. The second kappa shape index (κ2) is 9.46. The number of oxime groups is 1. The summed E-state index contributed by atoms with van der Waals surface area (Å²) >= 11 is 6.13. The summed E-state index contributed by atoms with van der Waals surface area (Å²) in [6.07, 6.45) is 3.30. The molecule has 3 aromatic heterocycles. The average molecular weight is 468 g/mol. The predicted molar refractivity (Wildman–Crippen MR) is 127 cm³/mol. The van der Waals surface area contributed by atoms with E-state index >= 15 is 0 Å². The van der Waals surface area contributed by atoms with Crippen molar-refractivity contribution in [1.82, 2.24) is 29.0 Å². The maximum atomic E-state index is 6.13. The number of ether oxygens (including phenoxy) is 1. The van der Waals surface area contributed by atoms with Gasteiger partial charge in [-0.3, -0.25) is 4.90 Å². The molecule has 0 unspecified atom stereocenters. The Morgan fingerprint density at radius 2 is 1.97 bits per heavy atom. The highest BCUT2D eigenvalue weighted by atomic mass is 35.5. The third-order valence-electron chi connectivity index (χ3n) is 6.10. The van der Waals surface area contributed by atoms with E-state index in [1.807, 2.05) is 24.3 Å². The molecule has 0 spiro atoms. The van der Waals surface area contributed by atoms with Crippen LogP contribution in [0.15, 0.2) is 35.7 Å². The Kier molecular flexibility index (Phi) is 6.26. The molecule has 10 heteroatoms. The van der Waals surface area contributed by atoms with Gasteiger partial charge in [0, 0.05) is 42.5 Å². The fourth-order valence-corrected chi connectivity index (χ4v) is 4.33. The third kappa shape index (κ3) is 4.44. The van der Waals surface area contributed by atoms with Gasteiger partial charge >= 0.3 is 0 Å². The summed E-state index contributed by atoms with van der Waals surface area (Å²) in [6.45, 7) is 9.80. The number of halogens is 1. The van der Waals surface area contributed by atoms with Crippen LogP contribution in [0.5, 0.6) is 0 Å². The zero-order chi connectivity index (χ0) is 22.8. The number of aromatic nitrogens is 5. The lowest BCUT2D eigenvalue weighted by atomic mass is 10.2. The van der Waals surface area contributed by atoms with Crippen LogP contribution in [0.25, 0.3) is 16.7 Å². The van der Waals surface area contributed by atoms with Gasteiger partial charge in [-0.25, -0.2) is 14.5 Å². The van der Waals surface area contributed by atoms with E-state index in [0.29, 0.717) is 10.8 Å². The average Bonchev–Trinajstić information content (AvgIpc) is 3.35. The van der Waals surface area contributed by atoms with Gasteiger partial charge in [0.05, 0.1) is 24.8 Å². The lowest BCUT2D eigenvalue weighted by Crippen LogP contribution is -2.38. The highest BCUT2D eigenvalue weighted by Crippen LogP contribution is 2.27. The minimum atomic E-state index is 0.153. The highest BCUT2D eigenvalue weighted by molar-refractivity contribution is 6.33. The van der Waals surface area contributed by atoms with Crippen LogP contribution >= 0.6 is 11.6 Å². The van der Waals surface area contributed by atoms with Crippen molar-refractivity contribution in [2.45, 2.75) is 27.0 Å². The summed E-state index contributed by atoms with van der Waals surface area (Å²) in [5.74, 6) is 0.540. The zero-order valence-electron chi connectivity index (χ0n) is 18.7. The van der Waals surface area contributed by atoms with Crippen molar-refractivity contribution in [3.63, 3.8) is 0 Å². The fraction of sp³-hybridized carbons (Fsp3) is 0.391. The minimum Gasteiger partial charge on any atom is -0.387 e. The summed E-state index contributed by atoms with van der Waals surface area (Å²) < 4.78 is 9.44. The molecule has 1 aromatic carbocycles. The van der Waals surface area contributed by atoms with Crippen LogP contribution in [0.1, 0.15) is 22.6 Å². The molecule has 0 aliphatic carbocycles. The number of rotatable bonds is 7. The first-order valence-corrected chi connectivity index (χ1v) is 11.4. The molecule has 172 valence electrons. The molecule has 33 heavy (non-hydrogen) atoms. The second-order valence-electron chi connectivity index (χ2n) is 8.08. The number of aryl methyl sites for hydroxylation is 1. The number of hydrogen-bond acceptors (Lipinski definition) is 7. The summed E-state index contributed by atoms with van der Waals surface area (Å²) in [6, 6.07) is 7.44. The topological polar surface area (TPSA) is 82.1 Å². The van der Waals surface area contributed by atoms with Crippen LogP contribution < -0.4 is 0 Å². The van der Waals surface area contributed by atoms with Crippen LogP contribution in [0, 0.1) is 13.8 Å². The standard InChI is InChI=1S/C23H26ClN7O2/c1-16-17(2)30(8-7-29-9-11-32-12-10-29)22-21(16)23-27-20(28-31(23)15-25-22)14-33-26-13-18-5-3-4-6-19(18)24/h3-6,13,15H,7-12,14H2,1-2H3/b26-13+. The summed E-state index contributed by atoms with van der Waals surface area (Å²) in [5, 5.41) is 10.2. The highest BCUT2D eigenvalue weighted by Gasteiger charge is 2.19. The number of nitrogens with zero attached hydrogens (tertiary/aromatic N) is 7. The Hall–Kier alpha value is -3.01. The maximum Gasteiger partial charge on any atom is 0.192 e. The van der Waals surface area contributed by atoms with E-state index < -0.39 is 0 Å². The molecule has 1 fully saturated rings. The molecule has 5 rings (SSSR count). The summed E-state index contributed by atoms with van der Waals surface area (Å²) in [4.78, 5) is 17.3. The van der Waals surface area contributed by atoms with E-state index in [0.717, 1.165) is 61.6 Å². The quantitative estimate of drug-likeness (QED) is 0.306. The van der Waals surface area contributed by atoms with Crippen molar-refractivity contribution in [3.05, 3.63) is 58.3 Å². The van der Waals surface area contributed by atoms with Crippen LogP contribution in [-0.4, -0.2) is 68.1 Å². The number of morpholine rings is 1. The largest absolute Gasteiger partial charge is 0.387 e. The molecule has 0 radical (unpaired) electrons. The van der Waals surface area contributed by atoms with Crippen molar-refractivity contribution in [1.29, 1.82) is 0 Å². The summed E-state index contributed by atoms with van der Waals surface area (Å²) in [5.41, 5.74) is 4.87. The zero-order valence-corrected chi connectivity index (χ0v) is 19.5. The Morgan fingerprint density at radius 1 is 1.15 bits per heavy atom. The molecule has 1 saturated heterocycles. The van der Waals surface area contributed by atoms with Crippen molar-refractivity contribution in [2.75, 3.05) is 32.8 Å². The first-order chi connectivity index (χ1) is 16.1. The van der Waals surface area contributed by atoms with Crippen LogP contribution in [0.2, 0.25) is 5.02 Å². The van der Waals surface area contributed by atoms with Crippen LogP contribution in [-0.2, 0) is 22.7 Å². The van der Waals surface area contributed by atoms with Gasteiger partial charge in [-0.05, 0) is 25.5 Å². The lowest BCUT2D eigenvalue weighted by molar-refractivity contribution is 0.0364. The number of benzene rings is 1. The van der Waals surface area contributed by atoms with Gasteiger partial charge in [0.15, 0.2) is 18.1 Å². The van der Waals surface area contributed by atoms with Gasteiger partial charge in [0.2, 0.25) is 0 Å². The third-order valence-corrected chi connectivity index (χ3v) is 6.44. The van der Waals surface area contributed by atoms with E-state index in [1.165, 1.54) is 11.3 Å². The molecule has 4 aromatic rings. The fourth-order valence-electron chi connectivity index (χ4n) is 4.14. The molecule has 1 aliphatic rings. The second-order valence-corrected chi connectivity index (χ2v) is 8.49. The molecular formula is C23H26ClN7O2. The van der Waals surface area contributed by atoms with Gasteiger partial charge in [-0.15, -0.1) is 5.10 Å². The van der Waals surface area contributed by atoms with Crippen molar-refractivity contribution < 1.29 is 9.57 Å². The van der Waals surface area contributed by atoms with Crippen molar-refractivity contribution >= 4 is 34.5 Å². The predicted octanol–water partition coefficient (Wildman–Crippen LogP) is 3.23. The molecule has 0 saturated carbocycles. The van der Waals surface area contributed by atoms with Crippen LogP contribution in [0.4, 0.5) is 0 Å². The van der Waals surface area contributed by atoms with Gasteiger partial charge < -0.3 is 14.1 Å². The van der Waals surface area contributed by atoms with Gasteiger partial charge in [0.25, 0.3) is 0 Å². The first-order valence-electron chi connectivity index (χ1n) is 11.0. The number of hydrogen-bond donors (Lipinski definition) is 0. The molecule has 0 bridgehead atoms. The molecule has 4 heterocycles. The van der Waals surface area contributed by atoms with E-state index in [9.17, 15) is 0 Å². The van der Waals surface area contributed by atoms with Crippen molar-refractivity contribution in [2.24, 2.45) is 5.16 Å². The van der Waals surface area contributed by atoms with E-state index in [2.05, 4.69) is 33.6 Å². The maximum absolute atomic E-state index is 6.13. The number of fused-ring (bicyclic) bond motifs is 3. The molecule has 0 atom stereocenters. The Labute approximate surface area is 196 Å². The van der Waals surface area contributed by atoms with E-state index in [-0.39, 0.29) is 6.61 Å². The Morgan fingerprint density at radius 3 is 2.79 bits per heavy atom. The molecular weight excluding hydrogens is 442 g/mol. The van der Waals surface area contributed by atoms with Gasteiger partial charge in [-0.2, -0.15) is 0 Å². The monoisotopic (exact) mass is 467 g/mol. The molecule has 0 amide bonds. The van der Waals surface area contributed by atoms with Gasteiger partial charge in [0.1, 0.15) is 12.0 Å². The molecule has 1 aliphatic heterocycles. The Balaban J connectivity index is 1.35. The lowest BCUT2D eigenvalue weighted by Gasteiger charge is -2.26. The smallest absolute Gasteiger partial charge is 0.192 e. The van der Waals surface area contributed by atoms with Gasteiger partial charge in [-0.1, -0.05) is 35.0 Å². The van der Waals surface area contributed by atoms with E-state index in [1.54, 1.807) is 17.1 Å².